The second-order valence-corrected chi connectivity index (χ2v) is 6.89. The lowest BCUT2D eigenvalue weighted by molar-refractivity contribution is 0.0893. The average Bonchev–Trinajstić information content (AvgIpc) is 3.23. The van der Waals surface area contributed by atoms with Crippen molar-refractivity contribution >= 4 is 5.96 Å². The molecular formula is C21H35N3O4. The molecule has 1 aromatic rings. The second-order valence-electron chi connectivity index (χ2n) is 6.89. The predicted octanol–water partition coefficient (Wildman–Crippen LogP) is 2.76. The zero-order valence-corrected chi connectivity index (χ0v) is 17.6. The molecule has 0 amide bonds. The Morgan fingerprint density at radius 3 is 2.86 bits per heavy atom. The summed E-state index contributed by atoms with van der Waals surface area (Å²) in [5.74, 6) is 2.96. The highest BCUT2D eigenvalue weighted by atomic mass is 16.5. The molecule has 0 spiro atoms. The second kappa shape index (κ2) is 12.5. The van der Waals surface area contributed by atoms with Crippen LogP contribution in [0.2, 0.25) is 0 Å². The first-order chi connectivity index (χ1) is 13.7. The first kappa shape index (κ1) is 22.3. The summed E-state index contributed by atoms with van der Waals surface area (Å²) in [5, 5.41) is 6.74. The maximum Gasteiger partial charge on any atom is 0.191 e. The lowest BCUT2D eigenvalue weighted by atomic mass is 10.1. The van der Waals surface area contributed by atoms with E-state index in [0.717, 1.165) is 68.8 Å². The average molecular weight is 394 g/mol. The highest BCUT2D eigenvalue weighted by molar-refractivity contribution is 5.80. The fraction of sp³-hybridized carbons (Fsp3) is 0.667. The lowest BCUT2D eigenvalue weighted by Gasteiger charge is -2.20. The third-order valence-electron chi connectivity index (χ3n) is 4.70. The number of rotatable bonds is 11. The Hall–Kier alpha value is -1.99. The minimum atomic E-state index is 0.0152. The lowest BCUT2D eigenvalue weighted by Crippen LogP contribution is -2.39. The number of benzene rings is 1. The molecule has 2 N–H and O–H groups in total. The van der Waals surface area contributed by atoms with Crippen molar-refractivity contribution in [1.29, 1.82) is 0 Å². The minimum Gasteiger partial charge on any atom is -0.497 e. The van der Waals surface area contributed by atoms with E-state index >= 15 is 0 Å². The standard InChI is InChI=1S/C21H35N3O4/c1-5-22-21(23-10-6-11-27-14-17-9-12-28-15-17)24-16(2)19-13-18(25-3)7-8-20(19)26-4/h7-8,13,16-17H,5-6,9-12,14-15H2,1-4H3,(H2,22,23,24). The van der Waals surface area contributed by atoms with Crippen LogP contribution in [-0.4, -0.2) is 59.7 Å². The van der Waals surface area contributed by atoms with Crippen molar-refractivity contribution in [3.8, 4) is 11.5 Å². The maximum atomic E-state index is 5.75. The first-order valence-corrected chi connectivity index (χ1v) is 10.1. The van der Waals surface area contributed by atoms with E-state index in [2.05, 4.69) is 29.5 Å². The fourth-order valence-electron chi connectivity index (χ4n) is 3.10. The van der Waals surface area contributed by atoms with Crippen LogP contribution in [0.25, 0.3) is 0 Å². The number of nitrogens with zero attached hydrogens (tertiary/aromatic N) is 1. The van der Waals surface area contributed by atoms with Crippen molar-refractivity contribution in [2.45, 2.75) is 32.7 Å². The van der Waals surface area contributed by atoms with E-state index in [0.29, 0.717) is 12.5 Å². The number of nitrogens with one attached hydrogen (secondary N) is 2. The minimum absolute atomic E-state index is 0.0152. The summed E-state index contributed by atoms with van der Waals surface area (Å²) in [6.45, 7) is 8.85. The first-order valence-electron chi connectivity index (χ1n) is 10.1. The maximum absolute atomic E-state index is 5.75. The summed E-state index contributed by atoms with van der Waals surface area (Å²) in [6, 6.07) is 5.82. The Balaban J connectivity index is 1.84. The monoisotopic (exact) mass is 393 g/mol. The SMILES string of the molecule is CCNC(=NCCCOCC1CCOC1)NC(C)c1cc(OC)ccc1OC. The number of guanidine groups is 1. The molecule has 7 heteroatoms. The third-order valence-corrected chi connectivity index (χ3v) is 4.70. The molecule has 2 atom stereocenters. The zero-order chi connectivity index (χ0) is 20.2. The third kappa shape index (κ3) is 7.20. The molecule has 2 unspecified atom stereocenters. The van der Waals surface area contributed by atoms with E-state index in [1.54, 1.807) is 14.2 Å². The molecule has 2 rings (SSSR count). The van der Waals surface area contributed by atoms with Crippen molar-refractivity contribution in [3.05, 3.63) is 23.8 Å². The summed E-state index contributed by atoms with van der Waals surface area (Å²) in [6.07, 6.45) is 2.00. The molecule has 0 aromatic heterocycles. The predicted molar refractivity (Wildman–Crippen MR) is 111 cm³/mol. The van der Waals surface area contributed by atoms with Gasteiger partial charge in [0.15, 0.2) is 5.96 Å². The van der Waals surface area contributed by atoms with Crippen molar-refractivity contribution in [2.75, 3.05) is 53.7 Å². The molecule has 0 radical (unpaired) electrons. The molecule has 1 aliphatic rings. The molecule has 28 heavy (non-hydrogen) atoms. The van der Waals surface area contributed by atoms with Crippen LogP contribution in [0.1, 0.15) is 38.3 Å². The molecule has 1 saturated heterocycles. The summed E-state index contributed by atoms with van der Waals surface area (Å²) in [5.41, 5.74) is 1.02. The largest absolute Gasteiger partial charge is 0.497 e. The van der Waals surface area contributed by atoms with Gasteiger partial charge in [-0.25, -0.2) is 0 Å². The van der Waals surface area contributed by atoms with Crippen molar-refractivity contribution in [1.82, 2.24) is 10.6 Å². The Morgan fingerprint density at radius 2 is 2.18 bits per heavy atom. The Labute approximate surface area is 168 Å². The Bertz CT molecular complexity index is 603. The van der Waals surface area contributed by atoms with E-state index < -0.39 is 0 Å². The summed E-state index contributed by atoms with van der Waals surface area (Å²) in [7, 11) is 3.34. The molecule has 1 fully saturated rings. The number of hydrogen-bond acceptors (Lipinski definition) is 5. The van der Waals surface area contributed by atoms with Crippen molar-refractivity contribution < 1.29 is 18.9 Å². The smallest absolute Gasteiger partial charge is 0.191 e. The normalized spacial score (nSPS) is 18.0. The van der Waals surface area contributed by atoms with Crippen LogP contribution in [0.3, 0.4) is 0 Å². The summed E-state index contributed by atoms with van der Waals surface area (Å²) in [4.78, 5) is 4.66. The van der Waals surface area contributed by atoms with Crippen molar-refractivity contribution in [2.24, 2.45) is 10.9 Å². The molecule has 158 valence electrons. The van der Waals surface area contributed by atoms with Crippen LogP contribution < -0.4 is 20.1 Å². The van der Waals surface area contributed by atoms with Gasteiger partial charge >= 0.3 is 0 Å². The van der Waals surface area contributed by atoms with E-state index in [1.807, 2.05) is 18.2 Å². The van der Waals surface area contributed by atoms with Gasteiger partial charge in [-0.3, -0.25) is 4.99 Å². The zero-order valence-electron chi connectivity index (χ0n) is 17.6. The summed E-state index contributed by atoms with van der Waals surface area (Å²) < 4.78 is 21.9. The van der Waals surface area contributed by atoms with E-state index in [9.17, 15) is 0 Å². The molecule has 1 aromatic carbocycles. The molecule has 1 aliphatic heterocycles. The highest BCUT2D eigenvalue weighted by Crippen LogP contribution is 2.29. The van der Waals surface area contributed by atoms with Crippen LogP contribution in [0.15, 0.2) is 23.2 Å². The molecule has 0 saturated carbocycles. The van der Waals surface area contributed by atoms with Gasteiger partial charge in [0.05, 0.1) is 33.5 Å². The highest BCUT2D eigenvalue weighted by Gasteiger charge is 2.16. The van der Waals surface area contributed by atoms with Crippen molar-refractivity contribution in [3.63, 3.8) is 0 Å². The van der Waals surface area contributed by atoms with E-state index in [1.165, 1.54) is 0 Å². The van der Waals surface area contributed by atoms with Crippen LogP contribution in [0, 0.1) is 5.92 Å². The van der Waals surface area contributed by atoms with Gasteiger partial charge in [0.1, 0.15) is 11.5 Å². The quantitative estimate of drug-likeness (QED) is 0.342. The van der Waals surface area contributed by atoms with Gasteiger partial charge < -0.3 is 29.6 Å². The van der Waals surface area contributed by atoms with Gasteiger partial charge in [0, 0.05) is 37.8 Å². The molecular weight excluding hydrogens is 358 g/mol. The fourth-order valence-corrected chi connectivity index (χ4v) is 3.10. The van der Waals surface area contributed by atoms with Gasteiger partial charge in [0.25, 0.3) is 0 Å². The molecule has 0 bridgehead atoms. The van der Waals surface area contributed by atoms with Crippen LogP contribution in [-0.2, 0) is 9.47 Å². The van der Waals surface area contributed by atoms with Gasteiger partial charge in [-0.05, 0) is 44.9 Å². The molecule has 1 heterocycles. The topological polar surface area (TPSA) is 73.3 Å². The van der Waals surface area contributed by atoms with Crippen LogP contribution >= 0.6 is 0 Å². The van der Waals surface area contributed by atoms with Gasteiger partial charge in [0.2, 0.25) is 0 Å². The van der Waals surface area contributed by atoms with Crippen LogP contribution in [0.5, 0.6) is 11.5 Å². The number of methoxy groups -OCH3 is 2. The molecule has 0 aliphatic carbocycles. The van der Waals surface area contributed by atoms with Gasteiger partial charge in [-0.1, -0.05) is 0 Å². The Kier molecular flexibility index (Phi) is 9.93. The number of ether oxygens (including phenoxy) is 4. The summed E-state index contributed by atoms with van der Waals surface area (Å²) >= 11 is 0. The van der Waals surface area contributed by atoms with Crippen LogP contribution in [0.4, 0.5) is 0 Å². The van der Waals surface area contributed by atoms with E-state index in [-0.39, 0.29) is 6.04 Å². The number of hydrogen-bond donors (Lipinski definition) is 2. The Morgan fingerprint density at radius 1 is 1.32 bits per heavy atom. The van der Waals surface area contributed by atoms with Gasteiger partial charge in [-0.15, -0.1) is 0 Å². The van der Waals surface area contributed by atoms with E-state index in [4.69, 9.17) is 18.9 Å². The molecule has 7 nitrogen and oxygen atoms in total. The number of aliphatic imine (C=N–C) groups is 1. The van der Waals surface area contributed by atoms with Gasteiger partial charge in [-0.2, -0.15) is 0 Å².